The van der Waals surface area contributed by atoms with Crippen molar-refractivity contribution in [3.8, 4) is 5.69 Å². The maximum absolute atomic E-state index is 13.9. The van der Waals surface area contributed by atoms with Crippen LogP contribution in [0.1, 0.15) is 20.3 Å². The van der Waals surface area contributed by atoms with Crippen LogP contribution in [-0.2, 0) is 6.54 Å². The van der Waals surface area contributed by atoms with Crippen molar-refractivity contribution in [3.63, 3.8) is 0 Å². The molecule has 0 saturated heterocycles. The summed E-state index contributed by atoms with van der Waals surface area (Å²) in [4.78, 5) is 27.6. The third-order valence-electron chi connectivity index (χ3n) is 5.42. The highest BCUT2D eigenvalue weighted by Gasteiger charge is 2.16. The van der Waals surface area contributed by atoms with Crippen LogP contribution in [0.15, 0.2) is 87.5 Å². The first-order chi connectivity index (χ1) is 16.4. The lowest BCUT2D eigenvalue weighted by Gasteiger charge is -2.12. The number of benzene rings is 3. The van der Waals surface area contributed by atoms with Crippen molar-refractivity contribution < 1.29 is 0 Å². The number of nitrogens with one attached hydrogen (secondary N) is 1. The second-order valence-corrected chi connectivity index (χ2v) is 9.12. The molecule has 1 heterocycles. The van der Waals surface area contributed by atoms with Gasteiger partial charge in [0.25, 0.3) is 11.1 Å². The van der Waals surface area contributed by atoms with Crippen LogP contribution >= 0.6 is 23.2 Å². The maximum atomic E-state index is 13.9. The SMILES string of the molecule is CC(C)CCn1c(=O)c(=NNc2ccccc2)c(=O)n(-c2ccccc2)c2cc(Cl)c(Cl)cc21. The number of hydrogen-bond donors (Lipinski definition) is 1. The van der Waals surface area contributed by atoms with Crippen molar-refractivity contribution in [1.82, 2.24) is 9.13 Å². The third-order valence-corrected chi connectivity index (χ3v) is 6.14. The normalized spacial score (nSPS) is 11.9. The molecule has 0 amide bonds. The lowest BCUT2D eigenvalue weighted by Crippen LogP contribution is -2.45. The number of para-hydroxylation sites is 2. The molecule has 0 aliphatic carbocycles. The minimum absolute atomic E-state index is 0.236. The van der Waals surface area contributed by atoms with Gasteiger partial charge in [-0.1, -0.05) is 73.4 Å². The van der Waals surface area contributed by atoms with Crippen LogP contribution in [-0.4, -0.2) is 9.13 Å². The highest BCUT2D eigenvalue weighted by atomic mass is 35.5. The standard InChI is InChI=1S/C26H24Cl2N4O2/c1-17(2)13-14-31-22-15-20(27)21(28)16-23(22)32(19-11-7-4-8-12-19)26(34)24(25(31)33)30-29-18-9-5-3-6-10-18/h3-12,15-17,29H,13-14H2,1-2H3. The van der Waals surface area contributed by atoms with Crippen molar-refractivity contribution in [2.45, 2.75) is 26.8 Å². The predicted molar refractivity (Wildman–Crippen MR) is 139 cm³/mol. The lowest BCUT2D eigenvalue weighted by molar-refractivity contribution is 0.516. The van der Waals surface area contributed by atoms with Gasteiger partial charge in [0.15, 0.2) is 0 Å². The smallest absolute Gasteiger partial charge is 0.289 e. The fourth-order valence-electron chi connectivity index (χ4n) is 3.64. The molecular weight excluding hydrogens is 471 g/mol. The largest absolute Gasteiger partial charge is 0.305 e. The first-order valence-corrected chi connectivity index (χ1v) is 11.7. The van der Waals surface area contributed by atoms with Crippen molar-refractivity contribution in [3.05, 3.63) is 109 Å². The number of nitrogens with zero attached hydrogens (tertiary/aromatic N) is 3. The van der Waals surface area contributed by atoms with E-state index in [4.69, 9.17) is 23.2 Å². The molecule has 0 radical (unpaired) electrons. The maximum Gasteiger partial charge on any atom is 0.289 e. The van der Waals surface area contributed by atoms with Crippen molar-refractivity contribution in [2.75, 3.05) is 5.43 Å². The van der Waals surface area contributed by atoms with Crippen LogP contribution < -0.4 is 21.9 Å². The summed E-state index contributed by atoms with van der Waals surface area (Å²) < 4.78 is 3.01. The Morgan fingerprint density at radius 3 is 2.06 bits per heavy atom. The molecule has 0 fully saturated rings. The van der Waals surface area contributed by atoms with Gasteiger partial charge in [-0.2, -0.15) is 5.10 Å². The van der Waals surface area contributed by atoms with E-state index in [1.807, 2.05) is 36.4 Å². The Balaban J connectivity index is 2.17. The van der Waals surface area contributed by atoms with Crippen molar-refractivity contribution in [1.29, 1.82) is 0 Å². The lowest BCUT2D eigenvalue weighted by atomic mass is 10.1. The highest BCUT2D eigenvalue weighted by Crippen LogP contribution is 2.27. The molecule has 174 valence electrons. The Morgan fingerprint density at radius 1 is 0.853 bits per heavy atom. The van der Waals surface area contributed by atoms with Gasteiger partial charge in [0.1, 0.15) is 0 Å². The molecule has 3 aromatic carbocycles. The number of hydrogen-bond acceptors (Lipinski definition) is 4. The topological polar surface area (TPSA) is 68.4 Å². The molecule has 4 rings (SSSR count). The molecule has 1 aromatic heterocycles. The quantitative estimate of drug-likeness (QED) is 0.363. The Kier molecular flexibility index (Phi) is 7.20. The number of aryl methyl sites for hydroxylation is 1. The van der Waals surface area contributed by atoms with Gasteiger partial charge in [-0.3, -0.25) is 19.6 Å². The first-order valence-electron chi connectivity index (χ1n) is 11.0. The van der Waals surface area contributed by atoms with Gasteiger partial charge in [0, 0.05) is 12.2 Å². The fraction of sp³-hybridized carbons (Fsp3) is 0.192. The molecule has 1 N–H and O–H groups in total. The number of aromatic nitrogens is 2. The summed E-state index contributed by atoms with van der Waals surface area (Å²) in [6.45, 7) is 4.54. The average Bonchev–Trinajstić information content (AvgIpc) is 2.90. The van der Waals surface area contributed by atoms with Gasteiger partial charge in [-0.05, 0) is 48.7 Å². The van der Waals surface area contributed by atoms with E-state index in [1.54, 1.807) is 41.0 Å². The summed E-state index contributed by atoms with van der Waals surface area (Å²) in [5.41, 5.74) is 3.98. The Bertz CT molecular complexity index is 1510. The van der Waals surface area contributed by atoms with Gasteiger partial charge < -0.3 is 4.57 Å². The van der Waals surface area contributed by atoms with Crippen LogP contribution in [0.3, 0.4) is 0 Å². The molecule has 4 aromatic rings. The van der Waals surface area contributed by atoms with E-state index >= 15 is 0 Å². The highest BCUT2D eigenvalue weighted by molar-refractivity contribution is 6.42. The second kappa shape index (κ2) is 10.3. The number of rotatable bonds is 6. The molecule has 6 nitrogen and oxygen atoms in total. The van der Waals surface area contributed by atoms with E-state index in [0.29, 0.717) is 39.9 Å². The van der Waals surface area contributed by atoms with Gasteiger partial charge in [-0.25, -0.2) is 0 Å². The molecule has 8 heteroatoms. The molecule has 0 saturated carbocycles. The summed E-state index contributed by atoms with van der Waals surface area (Å²) in [5.74, 6) is 0.339. The van der Waals surface area contributed by atoms with Crippen LogP contribution in [0, 0.1) is 5.92 Å². The third kappa shape index (κ3) is 4.93. The van der Waals surface area contributed by atoms with Crippen LogP contribution in [0.25, 0.3) is 16.7 Å². The van der Waals surface area contributed by atoms with Crippen LogP contribution in [0.4, 0.5) is 5.69 Å². The van der Waals surface area contributed by atoms with E-state index < -0.39 is 11.1 Å². The van der Waals surface area contributed by atoms with Gasteiger partial charge in [0.05, 0.1) is 26.8 Å². The molecule has 34 heavy (non-hydrogen) atoms. The fourth-order valence-corrected chi connectivity index (χ4v) is 3.95. The van der Waals surface area contributed by atoms with Gasteiger partial charge in [0.2, 0.25) is 5.36 Å². The van der Waals surface area contributed by atoms with Crippen LogP contribution in [0.5, 0.6) is 0 Å². The van der Waals surface area contributed by atoms with Gasteiger partial charge in [-0.15, -0.1) is 0 Å². The molecular formula is C26H24Cl2N4O2. The van der Waals surface area contributed by atoms with E-state index in [1.165, 1.54) is 4.57 Å². The summed E-state index contributed by atoms with van der Waals surface area (Å²) in [6.07, 6.45) is 0.727. The van der Waals surface area contributed by atoms with E-state index in [-0.39, 0.29) is 10.4 Å². The van der Waals surface area contributed by atoms with Gasteiger partial charge >= 0.3 is 0 Å². The minimum atomic E-state index is -0.564. The average molecular weight is 495 g/mol. The molecule has 0 bridgehead atoms. The first kappa shape index (κ1) is 23.8. The molecule has 0 atom stereocenters. The predicted octanol–water partition coefficient (Wildman–Crippen LogP) is 5.43. The summed E-state index contributed by atoms with van der Waals surface area (Å²) in [7, 11) is 0. The molecule has 0 aliphatic heterocycles. The second-order valence-electron chi connectivity index (χ2n) is 8.31. The minimum Gasteiger partial charge on any atom is -0.305 e. The molecule has 0 spiro atoms. The zero-order valence-corrected chi connectivity index (χ0v) is 20.3. The summed E-state index contributed by atoms with van der Waals surface area (Å²) in [6, 6.07) is 21.5. The van der Waals surface area contributed by atoms with E-state index in [2.05, 4.69) is 24.4 Å². The Hall–Kier alpha value is -3.35. The van der Waals surface area contributed by atoms with Crippen molar-refractivity contribution >= 4 is 39.9 Å². The number of anilines is 1. The zero-order chi connectivity index (χ0) is 24.2. The van der Waals surface area contributed by atoms with Crippen molar-refractivity contribution in [2.24, 2.45) is 11.0 Å². The number of fused-ring (bicyclic) bond motifs is 1. The van der Waals surface area contributed by atoms with E-state index in [9.17, 15) is 9.59 Å². The Morgan fingerprint density at radius 2 is 1.44 bits per heavy atom. The summed E-state index contributed by atoms with van der Waals surface area (Å²) in [5, 5.41) is 4.62. The monoisotopic (exact) mass is 494 g/mol. The van der Waals surface area contributed by atoms with E-state index in [0.717, 1.165) is 6.42 Å². The Labute approximate surface area is 206 Å². The number of halogens is 2. The molecule has 0 unspecified atom stereocenters. The van der Waals surface area contributed by atoms with Crippen LogP contribution in [0.2, 0.25) is 10.0 Å². The summed E-state index contributed by atoms with van der Waals surface area (Å²) >= 11 is 12.7. The zero-order valence-electron chi connectivity index (χ0n) is 18.8. The molecule has 0 aliphatic rings.